The molecule has 1 saturated heterocycles. The molecule has 1 saturated carbocycles. The number of amides is 1. The second-order valence-electron chi connectivity index (χ2n) is 10.8. The molecule has 0 radical (unpaired) electrons. The molecule has 1 aliphatic heterocycles. The molecule has 204 valence electrons. The van der Waals surface area contributed by atoms with Crippen molar-refractivity contribution < 1.29 is 13.6 Å². The van der Waals surface area contributed by atoms with E-state index in [1.807, 2.05) is 30.7 Å². The van der Waals surface area contributed by atoms with E-state index in [4.69, 9.17) is 0 Å². The van der Waals surface area contributed by atoms with E-state index in [9.17, 15) is 14.0 Å². The van der Waals surface area contributed by atoms with E-state index in [1.165, 1.54) is 17.8 Å². The van der Waals surface area contributed by atoms with Crippen molar-refractivity contribution in [1.82, 2.24) is 19.8 Å². The topological polar surface area (TPSA) is 70.1 Å². The average Bonchev–Trinajstić information content (AvgIpc) is 3.18. The number of thioether (sulfide) groups is 1. The maximum absolute atomic E-state index is 15.3. The van der Waals surface area contributed by atoms with E-state index in [-0.39, 0.29) is 29.9 Å². The Hall–Kier alpha value is -2.65. The van der Waals surface area contributed by atoms with Crippen LogP contribution in [0.5, 0.6) is 0 Å². The molecule has 1 aliphatic carbocycles. The second kappa shape index (κ2) is 10.8. The molecule has 9 heteroatoms. The summed E-state index contributed by atoms with van der Waals surface area (Å²) >= 11 is 1.46. The number of pyridine rings is 1. The fourth-order valence-corrected chi connectivity index (χ4v) is 7.15. The van der Waals surface area contributed by atoms with Crippen LogP contribution in [-0.4, -0.2) is 51.9 Å². The summed E-state index contributed by atoms with van der Waals surface area (Å²) in [6, 6.07) is 7.21. The first kappa shape index (κ1) is 26.9. The first-order valence-corrected chi connectivity index (χ1v) is 14.6. The van der Waals surface area contributed by atoms with Crippen LogP contribution >= 0.6 is 11.8 Å². The Balaban J connectivity index is 1.40. The van der Waals surface area contributed by atoms with E-state index in [2.05, 4.69) is 22.1 Å². The first-order chi connectivity index (χ1) is 18.2. The Bertz CT molecular complexity index is 1400. The van der Waals surface area contributed by atoms with Gasteiger partial charge in [-0.2, -0.15) is 0 Å². The maximum Gasteiger partial charge on any atom is 0.254 e. The van der Waals surface area contributed by atoms with Gasteiger partial charge >= 0.3 is 0 Å². The number of fused-ring (bicyclic) bond motifs is 1. The lowest BCUT2D eigenvalue weighted by molar-refractivity contribution is 0.00541. The SMILES string of the molecule is CSc1cc(C)[nH]c(=O)c1CNC(=O)c1c(C)n(C(C)C2CCC(N3CC(F)C3)CC2)c2c(F)cccc12. The van der Waals surface area contributed by atoms with Crippen LogP contribution in [-0.2, 0) is 6.54 Å². The van der Waals surface area contributed by atoms with Crippen molar-refractivity contribution in [2.24, 2.45) is 5.92 Å². The smallest absolute Gasteiger partial charge is 0.254 e. The zero-order valence-electron chi connectivity index (χ0n) is 22.4. The predicted molar refractivity (Wildman–Crippen MR) is 148 cm³/mol. The van der Waals surface area contributed by atoms with Gasteiger partial charge in [-0.1, -0.05) is 12.1 Å². The minimum absolute atomic E-state index is 0.00486. The third kappa shape index (κ3) is 4.91. The molecule has 0 bridgehead atoms. The molecular formula is C29H36F2N4O2S. The van der Waals surface area contributed by atoms with Gasteiger partial charge in [0.05, 0.1) is 11.1 Å². The second-order valence-corrected chi connectivity index (χ2v) is 11.7. The van der Waals surface area contributed by atoms with Crippen molar-refractivity contribution in [3.8, 4) is 0 Å². The van der Waals surface area contributed by atoms with E-state index in [0.717, 1.165) is 42.0 Å². The van der Waals surface area contributed by atoms with Gasteiger partial charge in [-0.3, -0.25) is 14.5 Å². The zero-order valence-corrected chi connectivity index (χ0v) is 23.3. The number of carbonyl (C=O) groups excluding carboxylic acids is 1. The minimum Gasteiger partial charge on any atom is -0.348 e. The van der Waals surface area contributed by atoms with E-state index in [0.29, 0.717) is 47.1 Å². The summed E-state index contributed by atoms with van der Waals surface area (Å²) < 4.78 is 30.6. The van der Waals surface area contributed by atoms with Gasteiger partial charge in [-0.05, 0) is 70.8 Å². The lowest BCUT2D eigenvalue weighted by Crippen LogP contribution is -2.54. The fraction of sp³-hybridized carbons (Fsp3) is 0.517. The van der Waals surface area contributed by atoms with Gasteiger partial charge in [0, 0.05) is 59.0 Å². The summed E-state index contributed by atoms with van der Waals surface area (Å²) in [5.41, 5.74) is 2.68. The van der Waals surface area contributed by atoms with Gasteiger partial charge in [0.15, 0.2) is 0 Å². The predicted octanol–water partition coefficient (Wildman–Crippen LogP) is 5.51. The number of rotatable bonds is 7. The van der Waals surface area contributed by atoms with Crippen LogP contribution in [0.1, 0.15) is 66.0 Å². The molecule has 1 aromatic carbocycles. The molecule has 3 aromatic rings. The van der Waals surface area contributed by atoms with Crippen LogP contribution < -0.4 is 10.9 Å². The van der Waals surface area contributed by atoms with Crippen molar-refractivity contribution in [2.75, 3.05) is 19.3 Å². The Kier molecular flexibility index (Phi) is 7.69. The molecule has 1 atom stereocenters. The molecule has 6 nitrogen and oxygen atoms in total. The van der Waals surface area contributed by atoms with Gasteiger partial charge in [0.25, 0.3) is 11.5 Å². The number of carbonyl (C=O) groups is 1. The van der Waals surface area contributed by atoms with Crippen molar-refractivity contribution in [1.29, 1.82) is 0 Å². The van der Waals surface area contributed by atoms with E-state index >= 15 is 4.39 Å². The summed E-state index contributed by atoms with van der Waals surface area (Å²) in [7, 11) is 0. The third-order valence-corrected chi connectivity index (χ3v) is 9.34. The number of alkyl halides is 1. The quantitative estimate of drug-likeness (QED) is 0.386. The van der Waals surface area contributed by atoms with Crippen LogP contribution in [0.3, 0.4) is 0 Å². The first-order valence-electron chi connectivity index (χ1n) is 13.4. The molecule has 1 amide bonds. The van der Waals surface area contributed by atoms with Crippen LogP contribution in [0.4, 0.5) is 8.78 Å². The van der Waals surface area contributed by atoms with Crippen molar-refractivity contribution in [2.45, 2.75) is 76.2 Å². The zero-order chi connectivity index (χ0) is 27.1. The monoisotopic (exact) mass is 542 g/mol. The molecule has 1 unspecified atom stereocenters. The number of nitrogens with one attached hydrogen (secondary N) is 2. The minimum atomic E-state index is -0.690. The summed E-state index contributed by atoms with van der Waals surface area (Å²) in [4.78, 5) is 32.0. The lowest BCUT2D eigenvalue weighted by atomic mass is 9.80. The molecule has 2 N–H and O–H groups in total. The highest BCUT2D eigenvalue weighted by atomic mass is 32.2. The Morgan fingerprint density at radius 1 is 1.21 bits per heavy atom. The van der Waals surface area contributed by atoms with Gasteiger partial charge < -0.3 is 14.9 Å². The number of hydrogen-bond donors (Lipinski definition) is 2. The lowest BCUT2D eigenvalue weighted by Gasteiger charge is -2.44. The fourth-order valence-electron chi connectivity index (χ4n) is 6.45. The van der Waals surface area contributed by atoms with Crippen LogP contribution in [0.2, 0.25) is 0 Å². The number of aryl methyl sites for hydroxylation is 1. The number of benzene rings is 1. The van der Waals surface area contributed by atoms with Gasteiger partial charge in [-0.15, -0.1) is 11.8 Å². The maximum atomic E-state index is 15.3. The number of hydrogen-bond acceptors (Lipinski definition) is 4. The van der Waals surface area contributed by atoms with Gasteiger partial charge in [-0.25, -0.2) is 8.78 Å². The highest BCUT2D eigenvalue weighted by molar-refractivity contribution is 7.98. The largest absolute Gasteiger partial charge is 0.348 e. The van der Waals surface area contributed by atoms with Crippen LogP contribution in [0, 0.1) is 25.6 Å². The standard InChI is InChI=1S/C29H36F2N4O2S/c1-16-12-25(38-4)23(28(36)33-16)13-32-29(37)26-18(3)35(27-22(26)6-5-7-24(27)31)17(2)19-8-10-21(11-9-19)34-14-20(30)15-34/h5-7,12,17,19-21H,8-11,13-15H2,1-4H3,(H,32,37)(H,33,36). The number of aromatic nitrogens is 2. The number of nitrogens with zero attached hydrogens (tertiary/aromatic N) is 2. The normalized spacial score (nSPS) is 21.4. The summed E-state index contributed by atoms with van der Waals surface area (Å²) in [6.45, 7) is 7.00. The molecule has 5 rings (SSSR count). The van der Waals surface area contributed by atoms with Crippen molar-refractivity contribution in [3.05, 3.63) is 63.0 Å². The van der Waals surface area contributed by atoms with Gasteiger partial charge in [0.1, 0.15) is 12.0 Å². The summed E-state index contributed by atoms with van der Waals surface area (Å²) in [5, 5.41) is 3.51. The highest BCUT2D eigenvalue weighted by Crippen LogP contribution is 2.40. The Labute approximate surface area is 226 Å². The molecule has 38 heavy (non-hydrogen) atoms. The molecule has 3 heterocycles. The Morgan fingerprint density at radius 3 is 2.58 bits per heavy atom. The number of aromatic amines is 1. The molecule has 2 aliphatic rings. The van der Waals surface area contributed by atoms with Crippen LogP contribution in [0.15, 0.2) is 34.0 Å². The van der Waals surface area contributed by atoms with Crippen molar-refractivity contribution in [3.63, 3.8) is 0 Å². The molecule has 2 aromatic heterocycles. The van der Waals surface area contributed by atoms with Crippen molar-refractivity contribution >= 4 is 28.6 Å². The molecule has 2 fully saturated rings. The Morgan fingerprint density at radius 2 is 1.92 bits per heavy atom. The number of likely N-dealkylation sites (tertiary alicyclic amines) is 1. The number of para-hydroxylation sites is 1. The summed E-state index contributed by atoms with van der Waals surface area (Å²) in [5.74, 6) is -0.327. The number of halogens is 2. The number of H-pyrrole nitrogens is 1. The third-order valence-electron chi connectivity index (χ3n) is 8.54. The van der Waals surface area contributed by atoms with E-state index in [1.54, 1.807) is 12.1 Å². The average molecular weight is 543 g/mol. The molecule has 0 spiro atoms. The highest BCUT2D eigenvalue weighted by Gasteiger charge is 2.36. The van der Waals surface area contributed by atoms with Crippen LogP contribution in [0.25, 0.3) is 10.9 Å². The summed E-state index contributed by atoms with van der Waals surface area (Å²) in [6.07, 6.45) is 5.21. The van der Waals surface area contributed by atoms with Gasteiger partial charge in [0.2, 0.25) is 0 Å². The molecular weight excluding hydrogens is 506 g/mol. The van der Waals surface area contributed by atoms with E-state index < -0.39 is 6.17 Å².